The number of aromatic nitrogens is 1. The molecule has 0 unspecified atom stereocenters. The first-order valence-corrected chi connectivity index (χ1v) is 6.20. The predicted octanol–water partition coefficient (Wildman–Crippen LogP) is 3.70. The Morgan fingerprint density at radius 2 is 2.00 bits per heavy atom. The molecule has 20 heavy (non-hydrogen) atoms. The molecule has 1 aromatic heterocycles. The lowest BCUT2D eigenvalue weighted by Gasteiger charge is -2.08. The second-order valence-electron chi connectivity index (χ2n) is 4.46. The predicted molar refractivity (Wildman–Crippen MR) is 74.4 cm³/mol. The number of halogens is 1. The van der Waals surface area contributed by atoms with Crippen LogP contribution >= 0.6 is 0 Å². The van der Waals surface area contributed by atoms with E-state index in [0.29, 0.717) is 28.8 Å². The third-order valence-electron chi connectivity index (χ3n) is 3.10. The van der Waals surface area contributed by atoms with Crippen LogP contribution in [-0.2, 0) is 6.61 Å². The fourth-order valence-electron chi connectivity index (χ4n) is 2.16. The van der Waals surface area contributed by atoms with Crippen molar-refractivity contribution in [2.24, 2.45) is 0 Å². The monoisotopic (exact) mass is 269 g/mol. The number of rotatable bonds is 4. The molecule has 0 amide bonds. The van der Waals surface area contributed by atoms with Crippen molar-refractivity contribution in [3.05, 3.63) is 65.6 Å². The van der Waals surface area contributed by atoms with Gasteiger partial charge in [0, 0.05) is 17.8 Å². The molecule has 0 spiro atoms. The fraction of sp³-hybridized carbons (Fsp3) is 0.0625. The number of benzene rings is 2. The van der Waals surface area contributed by atoms with E-state index in [1.807, 2.05) is 30.3 Å². The number of hydrogen-bond donors (Lipinski definition) is 1. The van der Waals surface area contributed by atoms with Gasteiger partial charge < -0.3 is 9.72 Å². The van der Waals surface area contributed by atoms with Gasteiger partial charge in [0.2, 0.25) is 0 Å². The van der Waals surface area contributed by atoms with Crippen LogP contribution in [0.15, 0.2) is 48.7 Å². The minimum absolute atomic E-state index is 0.322. The molecule has 1 heterocycles. The Bertz CT molecular complexity index is 750. The summed E-state index contributed by atoms with van der Waals surface area (Å²) in [5.41, 5.74) is 1.99. The fourth-order valence-corrected chi connectivity index (χ4v) is 2.16. The van der Waals surface area contributed by atoms with Gasteiger partial charge >= 0.3 is 0 Å². The average Bonchev–Trinajstić information content (AvgIpc) is 2.88. The van der Waals surface area contributed by atoms with Crippen LogP contribution in [0.4, 0.5) is 4.39 Å². The SMILES string of the molecule is O=Cc1c[nH]c2cc(F)cc(OCc3ccccc3)c12. The van der Waals surface area contributed by atoms with Crippen molar-refractivity contribution >= 4 is 17.2 Å². The smallest absolute Gasteiger partial charge is 0.152 e. The number of hydrogen-bond acceptors (Lipinski definition) is 2. The topological polar surface area (TPSA) is 42.1 Å². The average molecular weight is 269 g/mol. The van der Waals surface area contributed by atoms with Crippen LogP contribution in [0.2, 0.25) is 0 Å². The van der Waals surface area contributed by atoms with Gasteiger partial charge in [0.15, 0.2) is 6.29 Å². The zero-order valence-electron chi connectivity index (χ0n) is 10.6. The summed E-state index contributed by atoms with van der Waals surface area (Å²) in [6.07, 6.45) is 2.28. The van der Waals surface area contributed by atoms with E-state index in [4.69, 9.17) is 4.74 Å². The van der Waals surface area contributed by atoms with Gasteiger partial charge in [-0.25, -0.2) is 4.39 Å². The Hall–Kier alpha value is -2.62. The van der Waals surface area contributed by atoms with E-state index in [2.05, 4.69) is 4.98 Å². The van der Waals surface area contributed by atoms with Gasteiger partial charge in [-0.1, -0.05) is 30.3 Å². The highest BCUT2D eigenvalue weighted by molar-refractivity contribution is 6.00. The number of H-pyrrole nitrogens is 1. The van der Waals surface area contributed by atoms with Crippen LogP contribution < -0.4 is 4.74 Å². The molecule has 100 valence electrons. The van der Waals surface area contributed by atoms with Crippen LogP contribution in [0, 0.1) is 5.82 Å². The highest BCUT2D eigenvalue weighted by atomic mass is 19.1. The Morgan fingerprint density at radius 1 is 1.20 bits per heavy atom. The van der Waals surface area contributed by atoms with Gasteiger partial charge in [-0.05, 0) is 11.6 Å². The van der Waals surface area contributed by atoms with Crippen LogP contribution in [0.25, 0.3) is 10.9 Å². The number of carbonyl (C=O) groups is 1. The van der Waals surface area contributed by atoms with E-state index >= 15 is 0 Å². The van der Waals surface area contributed by atoms with E-state index in [-0.39, 0.29) is 0 Å². The van der Waals surface area contributed by atoms with Crippen molar-refractivity contribution < 1.29 is 13.9 Å². The molecule has 3 nitrogen and oxygen atoms in total. The molecular formula is C16H12FNO2. The van der Waals surface area contributed by atoms with Crippen molar-refractivity contribution in [1.29, 1.82) is 0 Å². The molecule has 0 saturated heterocycles. The lowest BCUT2D eigenvalue weighted by molar-refractivity contribution is 0.112. The van der Waals surface area contributed by atoms with Gasteiger partial charge in [-0.15, -0.1) is 0 Å². The van der Waals surface area contributed by atoms with Crippen LogP contribution in [0.1, 0.15) is 15.9 Å². The lowest BCUT2D eigenvalue weighted by atomic mass is 10.1. The number of aldehydes is 1. The summed E-state index contributed by atoms with van der Waals surface area (Å²) >= 11 is 0. The second-order valence-corrected chi connectivity index (χ2v) is 4.46. The molecule has 1 N–H and O–H groups in total. The van der Waals surface area contributed by atoms with E-state index in [1.54, 1.807) is 6.20 Å². The second kappa shape index (κ2) is 5.17. The molecule has 0 radical (unpaired) electrons. The summed E-state index contributed by atoms with van der Waals surface area (Å²) in [4.78, 5) is 13.9. The van der Waals surface area contributed by atoms with Crippen molar-refractivity contribution in [2.45, 2.75) is 6.61 Å². The molecule has 0 saturated carbocycles. The van der Waals surface area contributed by atoms with Crippen LogP contribution in [-0.4, -0.2) is 11.3 Å². The lowest BCUT2D eigenvalue weighted by Crippen LogP contribution is -1.96. The Morgan fingerprint density at radius 3 is 2.75 bits per heavy atom. The first-order valence-electron chi connectivity index (χ1n) is 6.20. The number of fused-ring (bicyclic) bond motifs is 1. The van der Waals surface area contributed by atoms with Gasteiger partial charge in [-0.3, -0.25) is 4.79 Å². The first kappa shape index (κ1) is 12.4. The minimum Gasteiger partial charge on any atom is -0.488 e. The zero-order valence-corrected chi connectivity index (χ0v) is 10.6. The maximum atomic E-state index is 13.5. The molecule has 0 aliphatic heterocycles. The maximum Gasteiger partial charge on any atom is 0.152 e. The largest absolute Gasteiger partial charge is 0.488 e. The van der Waals surface area contributed by atoms with Crippen molar-refractivity contribution in [3.63, 3.8) is 0 Å². The molecular weight excluding hydrogens is 257 g/mol. The molecule has 0 atom stereocenters. The van der Waals surface area contributed by atoms with Gasteiger partial charge in [0.25, 0.3) is 0 Å². The number of nitrogens with one attached hydrogen (secondary N) is 1. The molecule has 4 heteroatoms. The molecule has 2 aromatic carbocycles. The van der Waals surface area contributed by atoms with Gasteiger partial charge in [0.1, 0.15) is 18.2 Å². The Labute approximate surface area is 115 Å². The van der Waals surface area contributed by atoms with Crippen LogP contribution in [0.3, 0.4) is 0 Å². The first-order chi connectivity index (χ1) is 9.78. The maximum absolute atomic E-state index is 13.5. The summed E-state index contributed by atoms with van der Waals surface area (Å²) in [7, 11) is 0. The highest BCUT2D eigenvalue weighted by Crippen LogP contribution is 2.30. The molecule has 0 bridgehead atoms. The number of carbonyl (C=O) groups excluding carboxylic acids is 1. The van der Waals surface area contributed by atoms with E-state index < -0.39 is 5.82 Å². The van der Waals surface area contributed by atoms with Gasteiger partial charge in [0.05, 0.1) is 10.9 Å². The summed E-state index contributed by atoms with van der Waals surface area (Å²) in [6, 6.07) is 12.2. The summed E-state index contributed by atoms with van der Waals surface area (Å²) in [6.45, 7) is 0.322. The summed E-state index contributed by atoms with van der Waals surface area (Å²) in [5.74, 6) is -0.0351. The molecule has 0 fully saturated rings. The van der Waals surface area contributed by atoms with Gasteiger partial charge in [-0.2, -0.15) is 0 Å². The number of aromatic amines is 1. The van der Waals surface area contributed by atoms with Crippen molar-refractivity contribution in [1.82, 2.24) is 4.98 Å². The molecule has 3 rings (SSSR count). The summed E-state index contributed by atoms with van der Waals surface area (Å²) < 4.78 is 19.2. The van der Waals surface area contributed by atoms with E-state index in [1.165, 1.54) is 12.1 Å². The van der Waals surface area contributed by atoms with E-state index in [9.17, 15) is 9.18 Å². The van der Waals surface area contributed by atoms with Crippen molar-refractivity contribution in [3.8, 4) is 5.75 Å². The molecule has 3 aromatic rings. The quantitative estimate of drug-likeness (QED) is 0.734. The minimum atomic E-state index is -0.403. The van der Waals surface area contributed by atoms with Crippen molar-refractivity contribution in [2.75, 3.05) is 0 Å². The highest BCUT2D eigenvalue weighted by Gasteiger charge is 2.11. The third-order valence-corrected chi connectivity index (χ3v) is 3.10. The Balaban J connectivity index is 1.97. The molecule has 0 aliphatic carbocycles. The Kier molecular flexibility index (Phi) is 3.21. The third kappa shape index (κ3) is 2.28. The standard InChI is InChI=1S/C16H12FNO2/c17-13-6-14-16(12(9-19)8-18-14)15(7-13)20-10-11-4-2-1-3-5-11/h1-9,18H,10H2. The summed E-state index contributed by atoms with van der Waals surface area (Å²) in [5, 5.41) is 0.609. The normalized spacial score (nSPS) is 10.7. The molecule has 0 aliphatic rings. The number of ether oxygens (including phenoxy) is 1. The van der Waals surface area contributed by atoms with Crippen LogP contribution in [0.5, 0.6) is 5.75 Å². The zero-order chi connectivity index (χ0) is 13.9. The van der Waals surface area contributed by atoms with E-state index in [0.717, 1.165) is 11.8 Å².